The summed E-state index contributed by atoms with van der Waals surface area (Å²) in [5, 5.41) is 0. The minimum Gasteiger partial charge on any atom is -0.366 e. The lowest BCUT2D eigenvalue weighted by Gasteiger charge is -2.03. The second-order valence-electron chi connectivity index (χ2n) is 2.49. The molecule has 1 aromatic heterocycles. The predicted molar refractivity (Wildman–Crippen MR) is 52.6 cm³/mol. The molecule has 3 nitrogen and oxygen atoms in total. The number of aromatic nitrogens is 1. The molecule has 0 aromatic carbocycles. The quantitative estimate of drug-likeness (QED) is 0.700. The Morgan fingerprint density at radius 1 is 1.62 bits per heavy atom. The summed E-state index contributed by atoms with van der Waals surface area (Å²) in [5.41, 5.74) is 6.53. The van der Waals surface area contributed by atoms with Gasteiger partial charge in [-0.3, -0.25) is 9.78 Å². The van der Waals surface area contributed by atoms with Crippen molar-refractivity contribution in [2.45, 2.75) is 0 Å². The van der Waals surface area contributed by atoms with E-state index in [0.717, 1.165) is 5.56 Å². The highest BCUT2D eigenvalue weighted by molar-refractivity contribution is 6.18. The molecule has 0 aliphatic carbocycles. The average molecular weight is 174 g/mol. The summed E-state index contributed by atoms with van der Waals surface area (Å²) in [6.45, 7) is 7.15. The minimum absolute atomic E-state index is 0.204. The summed E-state index contributed by atoms with van der Waals surface area (Å²) >= 11 is 0. The van der Waals surface area contributed by atoms with Crippen molar-refractivity contribution in [2.75, 3.05) is 0 Å². The number of hydrogen-bond donors (Lipinski definition) is 1. The summed E-state index contributed by atoms with van der Waals surface area (Å²) in [7, 11) is 0. The summed E-state index contributed by atoms with van der Waals surface area (Å²) in [6.07, 6.45) is 3.19. The number of primary amides is 1. The summed E-state index contributed by atoms with van der Waals surface area (Å²) in [4.78, 5) is 14.8. The molecule has 0 bridgehead atoms. The Morgan fingerprint density at radius 3 is 2.85 bits per heavy atom. The van der Waals surface area contributed by atoms with Gasteiger partial charge in [-0.25, -0.2) is 0 Å². The van der Waals surface area contributed by atoms with Crippen LogP contribution in [0.1, 0.15) is 11.3 Å². The number of carbonyl (C=O) groups excluding carboxylic acids is 1. The molecule has 0 radical (unpaired) electrons. The molecule has 1 heterocycles. The molecular weight excluding hydrogens is 164 g/mol. The van der Waals surface area contributed by atoms with Crippen LogP contribution in [-0.2, 0) is 4.79 Å². The third kappa shape index (κ3) is 1.82. The van der Waals surface area contributed by atoms with Gasteiger partial charge < -0.3 is 5.73 Å². The highest BCUT2D eigenvalue weighted by atomic mass is 16.1. The fourth-order valence-corrected chi connectivity index (χ4v) is 0.951. The number of pyridine rings is 1. The van der Waals surface area contributed by atoms with E-state index in [-0.39, 0.29) is 5.57 Å². The van der Waals surface area contributed by atoms with E-state index >= 15 is 0 Å². The Morgan fingerprint density at radius 2 is 2.31 bits per heavy atom. The monoisotopic (exact) mass is 174 g/mol. The predicted octanol–water partition coefficient (Wildman–Crippen LogP) is 1.22. The highest BCUT2D eigenvalue weighted by Gasteiger charge is 2.08. The summed E-state index contributed by atoms with van der Waals surface area (Å²) in [6, 6.07) is 3.55. The van der Waals surface area contributed by atoms with Crippen LogP contribution in [0.4, 0.5) is 0 Å². The first-order valence-electron chi connectivity index (χ1n) is 3.73. The molecule has 1 amide bonds. The standard InChI is InChI=1S/C10H10N2O/c1-3-8-5-4-6-12-9(8)7(2)10(11)13/h3-6H,1-2H2,(H2,11,13). The molecule has 0 aliphatic heterocycles. The van der Waals surface area contributed by atoms with Gasteiger partial charge in [0.25, 0.3) is 0 Å². The molecule has 1 aromatic rings. The maximum atomic E-state index is 10.8. The highest BCUT2D eigenvalue weighted by Crippen LogP contribution is 2.14. The second kappa shape index (κ2) is 3.67. The zero-order valence-corrected chi connectivity index (χ0v) is 7.16. The Bertz CT molecular complexity index is 369. The van der Waals surface area contributed by atoms with Crippen molar-refractivity contribution >= 4 is 17.6 Å². The number of nitrogens with zero attached hydrogens (tertiary/aromatic N) is 1. The lowest BCUT2D eigenvalue weighted by molar-refractivity contribution is -0.112. The van der Waals surface area contributed by atoms with Gasteiger partial charge in [0.1, 0.15) is 0 Å². The topological polar surface area (TPSA) is 56.0 Å². The lowest BCUT2D eigenvalue weighted by atomic mass is 10.1. The van der Waals surface area contributed by atoms with E-state index in [2.05, 4.69) is 18.1 Å². The SMILES string of the molecule is C=Cc1cccnc1C(=C)C(N)=O. The molecular formula is C10H10N2O. The molecule has 2 N–H and O–H groups in total. The van der Waals surface area contributed by atoms with Gasteiger partial charge in [0, 0.05) is 11.8 Å². The van der Waals surface area contributed by atoms with Crippen LogP contribution in [0, 0.1) is 0 Å². The van der Waals surface area contributed by atoms with Gasteiger partial charge in [-0.2, -0.15) is 0 Å². The van der Waals surface area contributed by atoms with Crippen molar-refractivity contribution in [1.82, 2.24) is 4.98 Å². The molecule has 0 atom stereocenters. The van der Waals surface area contributed by atoms with Crippen LogP contribution in [0.3, 0.4) is 0 Å². The summed E-state index contributed by atoms with van der Waals surface area (Å²) in [5.74, 6) is -0.568. The number of rotatable bonds is 3. The second-order valence-corrected chi connectivity index (χ2v) is 2.49. The third-order valence-electron chi connectivity index (χ3n) is 1.64. The first kappa shape index (κ1) is 9.19. The molecule has 3 heteroatoms. The first-order chi connectivity index (χ1) is 6.16. The maximum absolute atomic E-state index is 10.8. The molecule has 1 rings (SSSR count). The number of amides is 1. The van der Waals surface area contributed by atoms with Gasteiger partial charge in [-0.1, -0.05) is 25.3 Å². The normalized spacial score (nSPS) is 9.23. The Kier molecular flexibility index (Phi) is 2.59. The van der Waals surface area contributed by atoms with Crippen molar-refractivity contribution in [1.29, 1.82) is 0 Å². The smallest absolute Gasteiger partial charge is 0.250 e. The molecule has 0 unspecified atom stereocenters. The Labute approximate surface area is 76.6 Å². The molecule has 0 fully saturated rings. The maximum Gasteiger partial charge on any atom is 0.250 e. The zero-order chi connectivity index (χ0) is 9.84. The van der Waals surface area contributed by atoms with Gasteiger partial charge in [0.05, 0.1) is 11.3 Å². The van der Waals surface area contributed by atoms with Crippen LogP contribution < -0.4 is 5.73 Å². The van der Waals surface area contributed by atoms with Gasteiger partial charge in [0.15, 0.2) is 0 Å². The van der Waals surface area contributed by atoms with E-state index in [1.165, 1.54) is 0 Å². The lowest BCUT2D eigenvalue weighted by Crippen LogP contribution is -2.13. The summed E-state index contributed by atoms with van der Waals surface area (Å²) < 4.78 is 0. The average Bonchev–Trinajstić information content (AvgIpc) is 2.16. The first-order valence-corrected chi connectivity index (χ1v) is 3.73. The van der Waals surface area contributed by atoms with Crippen LogP contribution >= 0.6 is 0 Å². The van der Waals surface area contributed by atoms with E-state index in [9.17, 15) is 4.79 Å². The van der Waals surface area contributed by atoms with E-state index < -0.39 is 5.91 Å². The van der Waals surface area contributed by atoms with Crippen LogP contribution in [0.2, 0.25) is 0 Å². The van der Waals surface area contributed by atoms with Crippen LogP contribution in [0.25, 0.3) is 11.6 Å². The molecule has 0 saturated heterocycles. The number of nitrogens with two attached hydrogens (primary N) is 1. The number of hydrogen-bond acceptors (Lipinski definition) is 2. The molecule has 13 heavy (non-hydrogen) atoms. The zero-order valence-electron chi connectivity index (χ0n) is 7.16. The Balaban J connectivity index is 3.20. The Hall–Kier alpha value is -1.90. The minimum atomic E-state index is -0.568. The molecule has 0 saturated carbocycles. The molecule has 66 valence electrons. The van der Waals surface area contributed by atoms with Crippen LogP contribution in [0.15, 0.2) is 31.5 Å². The van der Waals surface area contributed by atoms with Gasteiger partial charge >= 0.3 is 0 Å². The van der Waals surface area contributed by atoms with E-state index in [1.54, 1.807) is 24.4 Å². The van der Waals surface area contributed by atoms with Gasteiger partial charge in [-0.15, -0.1) is 0 Å². The van der Waals surface area contributed by atoms with Crippen LogP contribution in [0.5, 0.6) is 0 Å². The number of carbonyl (C=O) groups is 1. The fraction of sp³-hybridized carbons (Fsp3) is 0. The van der Waals surface area contributed by atoms with Crippen molar-refractivity contribution < 1.29 is 4.79 Å². The third-order valence-corrected chi connectivity index (χ3v) is 1.64. The van der Waals surface area contributed by atoms with E-state index in [1.807, 2.05) is 0 Å². The van der Waals surface area contributed by atoms with E-state index in [4.69, 9.17) is 5.73 Å². The molecule has 0 spiro atoms. The largest absolute Gasteiger partial charge is 0.366 e. The van der Waals surface area contributed by atoms with Crippen molar-refractivity contribution in [2.24, 2.45) is 5.73 Å². The van der Waals surface area contributed by atoms with Crippen molar-refractivity contribution in [3.63, 3.8) is 0 Å². The fourth-order valence-electron chi connectivity index (χ4n) is 0.951. The molecule has 0 aliphatic rings. The van der Waals surface area contributed by atoms with E-state index in [0.29, 0.717) is 5.69 Å². The van der Waals surface area contributed by atoms with Crippen molar-refractivity contribution in [3.8, 4) is 0 Å². The van der Waals surface area contributed by atoms with Crippen LogP contribution in [-0.4, -0.2) is 10.9 Å². The van der Waals surface area contributed by atoms with Crippen molar-refractivity contribution in [3.05, 3.63) is 42.7 Å². The van der Waals surface area contributed by atoms with Gasteiger partial charge in [0.2, 0.25) is 5.91 Å². The van der Waals surface area contributed by atoms with Gasteiger partial charge in [-0.05, 0) is 6.07 Å².